The van der Waals surface area contributed by atoms with Gasteiger partial charge in [-0.25, -0.2) is 4.99 Å². The van der Waals surface area contributed by atoms with E-state index >= 15 is 0 Å². The molecule has 0 aliphatic carbocycles. The molecule has 1 aromatic heterocycles. The van der Waals surface area contributed by atoms with Crippen molar-refractivity contribution in [2.45, 2.75) is 52.6 Å². The van der Waals surface area contributed by atoms with E-state index in [4.69, 9.17) is 14.5 Å². The zero-order chi connectivity index (χ0) is 21.6. The number of aliphatic imine (C=N–C) groups is 1. The van der Waals surface area contributed by atoms with Crippen LogP contribution in [0.2, 0.25) is 0 Å². The van der Waals surface area contributed by atoms with Crippen molar-refractivity contribution in [3.8, 4) is 0 Å². The summed E-state index contributed by atoms with van der Waals surface area (Å²) >= 11 is 0. The van der Waals surface area contributed by atoms with E-state index in [0.29, 0.717) is 19.8 Å². The smallest absolute Gasteiger partial charge is 0.194 e. The van der Waals surface area contributed by atoms with Crippen LogP contribution in [0.5, 0.6) is 0 Å². The highest BCUT2D eigenvalue weighted by molar-refractivity contribution is 14.0. The SMILES string of the molecule is CCNC(=NCc1cccc(COC(C)(C)C)c1)N1CCOC(c2cnn(C)c2)C1.I. The quantitative estimate of drug-likeness (QED) is 0.342. The molecule has 3 rings (SSSR count). The zero-order valence-corrected chi connectivity index (χ0v) is 21.6. The van der Waals surface area contributed by atoms with Crippen molar-refractivity contribution in [3.05, 3.63) is 53.3 Å². The maximum atomic E-state index is 5.98. The molecule has 1 fully saturated rings. The van der Waals surface area contributed by atoms with E-state index in [9.17, 15) is 0 Å². The lowest BCUT2D eigenvalue weighted by atomic mass is 10.1. The summed E-state index contributed by atoms with van der Waals surface area (Å²) < 4.78 is 13.7. The highest BCUT2D eigenvalue weighted by atomic mass is 127. The largest absolute Gasteiger partial charge is 0.371 e. The van der Waals surface area contributed by atoms with Crippen molar-refractivity contribution >= 4 is 29.9 Å². The van der Waals surface area contributed by atoms with Gasteiger partial charge in [-0.2, -0.15) is 5.10 Å². The minimum absolute atomic E-state index is 0. The molecular weight excluding hydrogens is 505 g/mol. The van der Waals surface area contributed by atoms with Crippen molar-refractivity contribution in [2.75, 3.05) is 26.2 Å². The molecule has 31 heavy (non-hydrogen) atoms. The molecule has 2 aromatic rings. The van der Waals surface area contributed by atoms with Crippen molar-refractivity contribution in [2.24, 2.45) is 12.0 Å². The van der Waals surface area contributed by atoms with Crippen LogP contribution >= 0.6 is 24.0 Å². The predicted molar refractivity (Wildman–Crippen MR) is 135 cm³/mol. The summed E-state index contributed by atoms with van der Waals surface area (Å²) in [6, 6.07) is 8.47. The van der Waals surface area contributed by atoms with Gasteiger partial charge in [0, 0.05) is 31.9 Å². The number of guanidine groups is 1. The molecule has 1 aliphatic heterocycles. The van der Waals surface area contributed by atoms with Crippen molar-refractivity contribution in [3.63, 3.8) is 0 Å². The van der Waals surface area contributed by atoms with E-state index in [2.05, 4.69) is 67.3 Å². The Hall–Kier alpha value is -1.65. The van der Waals surface area contributed by atoms with Crippen LogP contribution in [0.15, 0.2) is 41.7 Å². The fourth-order valence-electron chi connectivity index (χ4n) is 3.36. The van der Waals surface area contributed by atoms with E-state index < -0.39 is 0 Å². The molecule has 0 radical (unpaired) electrons. The van der Waals surface area contributed by atoms with Crippen LogP contribution in [-0.4, -0.2) is 52.5 Å². The Balaban J connectivity index is 0.00000341. The van der Waals surface area contributed by atoms with Gasteiger partial charge in [-0.1, -0.05) is 24.3 Å². The van der Waals surface area contributed by atoms with Crippen LogP contribution in [0, 0.1) is 0 Å². The first-order chi connectivity index (χ1) is 14.3. The van der Waals surface area contributed by atoms with Gasteiger partial charge in [-0.05, 0) is 38.8 Å². The van der Waals surface area contributed by atoms with Crippen molar-refractivity contribution < 1.29 is 9.47 Å². The number of nitrogens with zero attached hydrogens (tertiary/aromatic N) is 4. The lowest BCUT2D eigenvalue weighted by molar-refractivity contribution is -0.0149. The van der Waals surface area contributed by atoms with Crippen LogP contribution in [0.3, 0.4) is 0 Å². The summed E-state index contributed by atoms with van der Waals surface area (Å²) in [6.45, 7) is 12.6. The number of hydrogen-bond donors (Lipinski definition) is 1. The molecule has 1 aliphatic rings. The Morgan fingerprint density at radius 1 is 1.32 bits per heavy atom. The average Bonchev–Trinajstić information content (AvgIpc) is 3.16. The molecule has 172 valence electrons. The van der Waals surface area contributed by atoms with Gasteiger partial charge < -0.3 is 19.7 Å². The molecule has 1 N–H and O–H groups in total. The van der Waals surface area contributed by atoms with E-state index in [1.165, 1.54) is 11.1 Å². The fraction of sp³-hybridized carbons (Fsp3) is 0.565. The second-order valence-corrected chi connectivity index (χ2v) is 8.64. The van der Waals surface area contributed by atoms with E-state index in [-0.39, 0.29) is 35.7 Å². The van der Waals surface area contributed by atoms with E-state index in [1.807, 2.05) is 24.1 Å². The van der Waals surface area contributed by atoms with E-state index in [0.717, 1.165) is 31.2 Å². The number of rotatable bonds is 6. The molecule has 0 bridgehead atoms. The van der Waals surface area contributed by atoms with Gasteiger partial charge in [-0.15, -0.1) is 24.0 Å². The molecule has 1 saturated heterocycles. The van der Waals surface area contributed by atoms with Gasteiger partial charge >= 0.3 is 0 Å². The van der Waals surface area contributed by atoms with Gasteiger partial charge in [0.2, 0.25) is 0 Å². The summed E-state index contributed by atoms with van der Waals surface area (Å²) in [7, 11) is 1.93. The monoisotopic (exact) mass is 541 g/mol. The second kappa shape index (κ2) is 11.8. The van der Waals surface area contributed by atoms with Gasteiger partial charge in [0.05, 0.1) is 38.1 Å². The van der Waals surface area contributed by atoms with Crippen molar-refractivity contribution in [1.29, 1.82) is 0 Å². The third-order valence-corrected chi connectivity index (χ3v) is 4.87. The number of halogens is 1. The number of nitrogens with one attached hydrogen (secondary N) is 1. The zero-order valence-electron chi connectivity index (χ0n) is 19.3. The first-order valence-electron chi connectivity index (χ1n) is 10.7. The lowest BCUT2D eigenvalue weighted by Gasteiger charge is -2.34. The van der Waals surface area contributed by atoms with Crippen LogP contribution in [0.25, 0.3) is 0 Å². The summed E-state index contributed by atoms with van der Waals surface area (Å²) in [5, 5.41) is 7.71. The van der Waals surface area contributed by atoms with Gasteiger partial charge in [-0.3, -0.25) is 4.68 Å². The minimum atomic E-state index is -0.145. The molecule has 0 amide bonds. The maximum Gasteiger partial charge on any atom is 0.194 e. The molecular formula is C23H36IN5O2. The predicted octanol–water partition coefficient (Wildman–Crippen LogP) is 3.89. The number of aromatic nitrogens is 2. The summed E-state index contributed by atoms with van der Waals surface area (Å²) in [5.41, 5.74) is 3.31. The first-order valence-corrected chi connectivity index (χ1v) is 10.7. The first kappa shape index (κ1) is 25.6. The van der Waals surface area contributed by atoms with Crippen molar-refractivity contribution in [1.82, 2.24) is 20.0 Å². The van der Waals surface area contributed by atoms with Crippen LogP contribution in [0.4, 0.5) is 0 Å². The average molecular weight is 541 g/mol. The van der Waals surface area contributed by atoms with Gasteiger partial charge in [0.25, 0.3) is 0 Å². The Morgan fingerprint density at radius 2 is 2.10 bits per heavy atom. The topological polar surface area (TPSA) is 63.9 Å². The number of hydrogen-bond acceptors (Lipinski definition) is 4. The normalized spacial score (nSPS) is 17.4. The highest BCUT2D eigenvalue weighted by Gasteiger charge is 2.25. The Kier molecular flexibility index (Phi) is 9.77. The molecule has 7 nitrogen and oxygen atoms in total. The van der Waals surface area contributed by atoms with Crippen LogP contribution in [0.1, 0.15) is 50.5 Å². The van der Waals surface area contributed by atoms with Crippen LogP contribution in [-0.2, 0) is 29.7 Å². The molecule has 1 unspecified atom stereocenters. The highest BCUT2D eigenvalue weighted by Crippen LogP contribution is 2.22. The van der Waals surface area contributed by atoms with Crippen LogP contribution < -0.4 is 5.32 Å². The number of morpholine rings is 1. The Morgan fingerprint density at radius 3 is 2.77 bits per heavy atom. The molecule has 1 atom stereocenters. The lowest BCUT2D eigenvalue weighted by Crippen LogP contribution is -2.48. The molecule has 8 heteroatoms. The molecule has 2 heterocycles. The standard InChI is InChI=1S/C23H35N5O2.HI/c1-6-24-22(28-10-11-29-21(16-28)20-14-26-27(5)15-20)25-13-18-8-7-9-19(12-18)17-30-23(2,3)4;/h7-9,12,14-15,21H,6,10-11,13,16-17H2,1-5H3,(H,24,25);1H. The Labute approximate surface area is 203 Å². The molecule has 0 spiro atoms. The fourth-order valence-corrected chi connectivity index (χ4v) is 3.36. The number of benzene rings is 1. The van der Waals surface area contributed by atoms with E-state index in [1.54, 1.807) is 0 Å². The number of ether oxygens (including phenoxy) is 2. The molecule has 0 saturated carbocycles. The Bertz CT molecular complexity index is 846. The van der Waals surface area contributed by atoms with Gasteiger partial charge in [0.1, 0.15) is 6.10 Å². The minimum Gasteiger partial charge on any atom is -0.371 e. The van der Waals surface area contributed by atoms with Gasteiger partial charge in [0.15, 0.2) is 5.96 Å². The third-order valence-electron chi connectivity index (χ3n) is 4.87. The number of aryl methyl sites for hydroxylation is 1. The second-order valence-electron chi connectivity index (χ2n) is 8.64. The summed E-state index contributed by atoms with van der Waals surface area (Å²) in [4.78, 5) is 7.18. The third kappa shape index (κ3) is 8.08. The maximum absolute atomic E-state index is 5.98. The summed E-state index contributed by atoms with van der Waals surface area (Å²) in [5.74, 6) is 0.922. The molecule has 1 aromatic carbocycles. The summed E-state index contributed by atoms with van der Waals surface area (Å²) in [6.07, 6.45) is 3.90.